The average Bonchev–Trinajstić information content (AvgIpc) is 2.83. The van der Waals surface area contributed by atoms with Crippen molar-refractivity contribution in [3.63, 3.8) is 0 Å². The van der Waals surface area contributed by atoms with E-state index in [0.717, 1.165) is 23.6 Å². The van der Waals surface area contributed by atoms with E-state index in [2.05, 4.69) is 19.7 Å². The van der Waals surface area contributed by atoms with E-state index in [1.54, 1.807) is 11.9 Å². The van der Waals surface area contributed by atoms with Crippen molar-refractivity contribution in [3.8, 4) is 0 Å². The smallest absolute Gasteiger partial charge is 0.222 e. The molecular weight excluding hydrogens is 465 g/mol. The number of aldehydes is 1. The lowest BCUT2D eigenvalue weighted by atomic mass is 10.1. The van der Waals surface area contributed by atoms with Crippen LogP contribution in [0.15, 0.2) is 47.6 Å². The highest BCUT2D eigenvalue weighted by Crippen LogP contribution is 2.31. The van der Waals surface area contributed by atoms with Crippen LogP contribution >= 0.6 is 11.9 Å². The Labute approximate surface area is 199 Å². The molecule has 7 nitrogen and oxygen atoms in total. The summed E-state index contributed by atoms with van der Waals surface area (Å²) in [4.78, 5) is 25.5. The van der Waals surface area contributed by atoms with Gasteiger partial charge in [0.1, 0.15) is 17.1 Å². The molecule has 0 aliphatic carbocycles. The highest BCUT2D eigenvalue weighted by Gasteiger charge is 2.23. The molecule has 3 N–H and O–H groups in total. The number of aromatic nitrogens is 2. The Kier molecular flexibility index (Phi) is 8.11. The summed E-state index contributed by atoms with van der Waals surface area (Å²) in [6.45, 7) is 3.77. The number of nitrogens with zero attached hydrogens (tertiary/aromatic N) is 4. The molecule has 0 aliphatic rings. The number of anilines is 3. The van der Waals surface area contributed by atoms with Gasteiger partial charge in [-0.15, -0.1) is 0 Å². The van der Waals surface area contributed by atoms with Crippen molar-refractivity contribution < 1.29 is 18.0 Å². The van der Waals surface area contributed by atoms with Gasteiger partial charge in [-0.05, 0) is 37.4 Å². The monoisotopic (exact) mass is 488 g/mol. The van der Waals surface area contributed by atoms with Gasteiger partial charge in [-0.2, -0.15) is 4.98 Å². The van der Waals surface area contributed by atoms with Gasteiger partial charge in [0.15, 0.2) is 29.6 Å². The van der Waals surface area contributed by atoms with Crippen LogP contribution in [0.5, 0.6) is 0 Å². The summed E-state index contributed by atoms with van der Waals surface area (Å²) in [6.07, 6.45) is 1.46. The van der Waals surface area contributed by atoms with Gasteiger partial charge in [0.05, 0.1) is 6.20 Å². The maximum absolute atomic E-state index is 14.9. The zero-order chi connectivity index (χ0) is 24.8. The van der Waals surface area contributed by atoms with Crippen LogP contribution in [0.1, 0.15) is 25.0 Å². The molecule has 3 aromatic rings. The minimum Gasteiger partial charge on any atom is -0.368 e. The fourth-order valence-electron chi connectivity index (χ4n) is 2.88. The third-order valence-electron chi connectivity index (χ3n) is 4.92. The first-order chi connectivity index (χ1) is 16.2. The lowest BCUT2D eigenvalue weighted by Gasteiger charge is -2.23. The maximum Gasteiger partial charge on any atom is 0.222 e. The van der Waals surface area contributed by atoms with Crippen LogP contribution in [0.25, 0.3) is 0 Å². The first-order valence-corrected chi connectivity index (χ1v) is 11.2. The molecule has 0 bridgehead atoms. The molecule has 34 heavy (non-hydrogen) atoms. The molecule has 0 spiro atoms. The van der Waals surface area contributed by atoms with Gasteiger partial charge < -0.3 is 15.4 Å². The molecule has 2 aromatic carbocycles. The van der Waals surface area contributed by atoms with Crippen molar-refractivity contribution in [2.75, 3.05) is 22.4 Å². The van der Waals surface area contributed by atoms with Crippen molar-refractivity contribution in [3.05, 3.63) is 71.2 Å². The van der Waals surface area contributed by atoms with Crippen molar-refractivity contribution >= 4 is 47.1 Å². The van der Waals surface area contributed by atoms with E-state index in [1.165, 1.54) is 6.20 Å². The summed E-state index contributed by atoms with van der Waals surface area (Å²) in [6, 6.07) is 9.93. The Balaban J connectivity index is 1.94. The van der Waals surface area contributed by atoms with Gasteiger partial charge >= 0.3 is 0 Å². The van der Waals surface area contributed by atoms with Crippen LogP contribution in [0.3, 0.4) is 0 Å². The number of nitrogen functional groups attached to an aromatic ring is 1. The Bertz CT molecular complexity index is 1210. The number of carbonyl (C=O) groups excluding carboxylic acids is 1. The summed E-state index contributed by atoms with van der Waals surface area (Å²) in [7, 11) is 1.72. The first-order valence-electron chi connectivity index (χ1n) is 10.2. The predicted octanol–water partition coefficient (Wildman–Crippen LogP) is 4.90. The van der Waals surface area contributed by atoms with Crippen molar-refractivity contribution in [2.24, 2.45) is 4.99 Å². The highest BCUT2D eigenvalue weighted by atomic mass is 32.2. The SMILES string of the molecule is CC(C)N(C)c1nc(N)ncc1/N=C(\C=O)c1cc(F)c(NSCc2ccccc2)c(F)c1F. The molecule has 3 rings (SSSR count). The van der Waals surface area contributed by atoms with E-state index >= 15 is 0 Å². The normalized spacial score (nSPS) is 11.6. The van der Waals surface area contributed by atoms with Gasteiger partial charge in [-0.3, -0.25) is 4.79 Å². The fourth-order valence-corrected chi connectivity index (χ4v) is 3.65. The lowest BCUT2D eigenvalue weighted by Crippen LogP contribution is -2.27. The molecule has 0 radical (unpaired) electrons. The zero-order valence-electron chi connectivity index (χ0n) is 18.7. The van der Waals surface area contributed by atoms with Gasteiger partial charge in [0, 0.05) is 24.4 Å². The minimum absolute atomic E-state index is 0.0201. The van der Waals surface area contributed by atoms with Gasteiger partial charge in [0.2, 0.25) is 5.95 Å². The average molecular weight is 489 g/mol. The van der Waals surface area contributed by atoms with Crippen LogP contribution in [-0.2, 0) is 10.5 Å². The molecule has 178 valence electrons. The van der Waals surface area contributed by atoms with Crippen molar-refractivity contribution in [1.82, 2.24) is 9.97 Å². The Morgan fingerprint density at radius 2 is 1.94 bits per heavy atom. The van der Waals surface area contributed by atoms with Crippen LogP contribution in [0.2, 0.25) is 0 Å². The second-order valence-corrected chi connectivity index (χ2v) is 8.32. The van der Waals surface area contributed by atoms with Crippen LogP contribution in [-0.4, -0.2) is 35.1 Å². The summed E-state index contributed by atoms with van der Waals surface area (Å²) in [5, 5.41) is 0. The minimum atomic E-state index is -1.46. The molecule has 0 atom stereocenters. The molecule has 0 unspecified atom stereocenters. The number of aliphatic imine (C=N–C) groups is 1. The molecular formula is C23H23F3N6OS. The van der Waals surface area contributed by atoms with Crippen LogP contribution in [0.4, 0.5) is 36.3 Å². The summed E-state index contributed by atoms with van der Waals surface area (Å²) in [5.74, 6) is -3.30. The van der Waals surface area contributed by atoms with E-state index in [-0.39, 0.29) is 29.8 Å². The lowest BCUT2D eigenvalue weighted by molar-refractivity contribution is -0.102. The topological polar surface area (TPSA) is 96.5 Å². The number of rotatable bonds is 9. The third-order valence-corrected chi connectivity index (χ3v) is 5.75. The number of benzene rings is 2. The quantitative estimate of drug-likeness (QED) is 0.191. The van der Waals surface area contributed by atoms with E-state index in [0.29, 0.717) is 5.75 Å². The molecule has 0 saturated carbocycles. The Hall–Kier alpha value is -3.60. The standard InChI is InChI=1S/C23H23F3N6OS/c1-13(2)32(3)22-17(10-28-23(27)30-22)29-18(11-33)15-9-16(24)21(20(26)19(15)25)31-34-12-14-7-5-4-6-8-14/h4-11,13,31H,12H2,1-3H3,(H2,27,28,30)/b29-18+. The molecule has 11 heteroatoms. The molecule has 1 heterocycles. The van der Waals surface area contributed by atoms with E-state index < -0.39 is 34.4 Å². The second kappa shape index (κ2) is 11.0. The summed E-state index contributed by atoms with van der Waals surface area (Å²) in [5.41, 5.74) is 4.87. The molecule has 0 amide bonds. The fraction of sp³-hybridized carbons (Fsp3) is 0.217. The van der Waals surface area contributed by atoms with Gasteiger partial charge in [-0.25, -0.2) is 23.1 Å². The number of hydrogen-bond donors (Lipinski definition) is 2. The summed E-state index contributed by atoms with van der Waals surface area (Å²) >= 11 is 0.998. The molecule has 0 saturated heterocycles. The zero-order valence-corrected chi connectivity index (χ0v) is 19.5. The van der Waals surface area contributed by atoms with Crippen LogP contribution in [0, 0.1) is 17.5 Å². The maximum atomic E-state index is 14.9. The predicted molar refractivity (Wildman–Crippen MR) is 130 cm³/mol. The Morgan fingerprint density at radius 1 is 1.24 bits per heavy atom. The van der Waals surface area contributed by atoms with E-state index in [4.69, 9.17) is 5.73 Å². The number of nitrogens with two attached hydrogens (primary N) is 1. The first kappa shape index (κ1) is 25.0. The largest absolute Gasteiger partial charge is 0.368 e. The molecule has 0 fully saturated rings. The van der Waals surface area contributed by atoms with E-state index in [1.807, 2.05) is 44.2 Å². The highest BCUT2D eigenvalue weighted by molar-refractivity contribution is 7.99. The second-order valence-electron chi connectivity index (χ2n) is 7.54. The van der Waals surface area contributed by atoms with Crippen LogP contribution < -0.4 is 15.4 Å². The number of nitrogens with one attached hydrogen (secondary N) is 1. The molecule has 1 aromatic heterocycles. The van der Waals surface area contributed by atoms with Crippen molar-refractivity contribution in [2.45, 2.75) is 25.6 Å². The number of hydrogen-bond acceptors (Lipinski definition) is 8. The molecule has 0 aliphatic heterocycles. The third kappa shape index (κ3) is 5.66. The Morgan fingerprint density at radius 3 is 2.59 bits per heavy atom. The van der Waals surface area contributed by atoms with E-state index in [9.17, 15) is 18.0 Å². The summed E-state index contributed by atoms with van der Waals surface area (Å²) < 4.78 is 46.9. The van der Waals surface area contributed by atoms with Gasteiger partial charge in [-0.1, -0.05) is 30.3 Å². The van der Waals surface area contributed by atoms with Gasteiger partial charge in [0.25, 0.3) is 0 Å². The van der Waals surface area contributed by atoms with Crippen molar-refractivity contribution in [1.29, 1.82) is 0 Å². The number of carbonyl (C=O) groups is 1. The number of halogens is 3.